The number of furan rings is 1. The number of carbonyl (C=O) groups is 1. The number of amides is 1. The van der Waals surface area contributed by atoms with Crippen LogP contribution in [0.5, 0.6) is 0 Å². The summed E-state index contributed by atoms with van der Waals surface area (Å²) in [6.07, 6.45) is 1.70. The molecule has 1 aromatic heterocycles. The molecule has 0 aliphatic carbocycles. The highest BCUT2D eigenvalue weighted by Gasteiger charge is 2.28. The Morgan fingerprint density at radius 2 is 2.20 bits per heavy atom. The minimum absolute atomic E-state index is 0.166. The fourth-order valence-corrected chi connectivity index (χ4v) is 2.69. The number of carbonyl (C=O) groups excluding carboxylic acids is 1. The summed E-state index contributed by atoms with van der Waals surface area (Å²) in [4.78, 5) is 16.6. The van der Waals surface area contributed by atoms with Gasteiger partial charge in [-0.25, -0.2) is 0 Å². The summed E-state index contributed by atoms with van der Waals surface area (Å²) in [5.74, 6) is 1.15. The molecule has 1 atom stereocenters. The lowest BCUT2D eigenvalue weighted by atomic mass is 10.2. The van der Waals surface area contributed by atoms with Crippen LogP contribution in [0.1, 0.15) is 5.76 Å². The number of morpholine rings is 1. The van der Waals surface area contributed by atoms with Crippen LogP contribution >= 0.6 is 0 Å². The van der Waals surface area contributed by atoms with Gasteiger partial charge in [-0.15, -0.1) is 0 Å². The van der Waals surface area contributed by atoms with Crippen molar-refractivity contribution in [1.29, 1.82) is 0 Å². The van der Waals surface area contributed by atoms with Gasteiger partial charge in [-0.05, 0) is 12.1 Å². The first-order chi connectivity index (χ1) is 9.83. The summed E-state index contributed by atoms with van der Waals surface area (Å²) in [7, 11) is 0. The van der Waals surface area contributed by atoms with Crippen LogP contribution in [0.25, 0.3) is 0 Å². The average Bonchev–Trinajstić information content (AvgIpc) is 3.01. The highest BCUT2D eigenvalue weighted by Crippen LogP contribution is 2.10. The molecule has 1 unspecified atom stereocenters. The predicted molar refractivity (Wildman–Crippen MR) is 73.2 cm³/mol. The van der Waals surface area contributed by atoms with Gasteiger partial charge < -0.3 is 19.4 Å². The van der Waals surface area contributed by atoms with Crippen molar-refractivity contribution >= 4 is 5.91 Å². The molecular formula is C14H21N3O3. The molecule has 20 heavy (non-hydrogen) atoms. The second kappa shape index (κ2) is 6.39. The lowest BCUT2D eigenvalue weighted by Gasteiger charge is -2.36. The predicted octanol–water partition coefficient (Wildman–Crippen LogP) is -0.0878. The van der Waals surface area contributed by atoms with Gasteiger partial charge in [0.1, 0.15) is 11.8 Å². The van der Waals surface area contributed by atoms with Gasteiger partial charge in [0.2, 0.25) is 5.91 Å². The van der Waals surface area contributed by atoms with E-state index in [1.54, 1.807) is 6.26 Å². The molecular weight excluding hydrogens is 258 g/mol. The molecule has 0 spiro atoms. The van der Waals surface area contributed by atoms with Crippen molar-refractivity contribution in [2.45, 2.75) is 12.6 Å². The monoisotopic (exact) mass is 279 g/mol. The molecule has 0 saturated carbocycles. The SMILES string of the molecule is O=C(C1COCCN1)N1CCN(Cc2ccco2)CC1. The molecule has 110 valence electrons. The maximum Gasteiger partial charge on any atom is 0.242 e. The molecule has 0 aromatic carbocycles. The Hall–Kier alpha value is -1.37. The third kappa shape index (κ3) is 3.20. The van der Waals surface area contributed by atoms with Gasteiger partial charge in [0.05, 0.1) is 26.0 Å². The fraction of sp³-hybridized carbons (Fsp3) is 0.643. The molecule has 3 rings (SSSR count). The molecule has 1 amide bonds. The van der Waals surface area contributed by atoms with E-state index in [0.717, 1.165) is 45.0 Å². The van der Waals surface area contributed by atoms with Gasteiger partial charge in [-0.2, -0.15) is 0 Å². The van der Waals surface area contributed by atoms with Crippen LogP contribution in [0.15, 0.2) is 22.8 Å². The van der Waals surface area contributed by atoms with E-state index in [-0.39, 0.29) is 11.9 Å². The first-order valence-corrected chi connectivity index (χ1v) is 7.17. The van der Waals surface area contributed by atoms with E-state index in [9.17, 15) is 4.79 Å². The number of piperazine rings is 1. The van der Waals surface area contributed by atoms with Crippen LogP contribution in [0, 0.1) is 0 Å². The molecule has 2 aliphatic heterocycles. The summed E-state index contributed by atoms with van der Waals surface area (Å²) in [6.45, 7) is 6.09. The van der Waals surface area contributed by atoms with Gasteiger partial charge >= 0.3 is 0 Å². The third-order valence-electron chi connectivity index (χ3n) is 3.86. The number of ether oxygens (including phenoxy) is 1. The number of rotatable bonds is 3. The molecule has 2 saturated heterocycles. The van der Waals surface area contributed by atoms with Gasteiger partial charge in [-0.3, -0.25) is 9.69 Å². The summed E-state index contributed by atoms with van der Waals surface area (Å²) in [6, 6.07) is 3.73. The van der Waals surface area contributed by atoms with E-state index in [1.165, 1.54) is 0 Å². The second-order valence-corrected chi connectivity index (χ2v) is 5.26. The van der Waals surface area contributed by atoms with Gasteiger partial charge in [0, 0.05) is 32.7 Å². The van der Waals surface area contributed by atoms with Crippen molar-refractivity contribution in [3.8, 4) is 0 Å². The Morgan fingerprint density at radius 1 is 1.35 bits per heavy atom. The quantitative estimate of drug-likeness (QED) is 0.838. The fourth-order valence-electron chi connectivity index (χ4n) is 2.69. The number of nitrogens with one attached hydrogen (secondary N) is 1. The molecule has 6 nitrogen and oxygen atoms in total. The molecule has 2 fully saturated rings. The Labute approximate surface area is 118 Å². The Morgan fingerprint density at radius 3 is 2.85 bits per heavy atom. The minimum Gasteiger partial charge on any atom is -0.468 e. The Balaban J connectivity index is 1.46. The number of hydrogen-bond donors (Lipinski definition) is 1. The Kier molecular flexibility index (Phi) is 4.34. The summed E-state index contributed by atoms with van der Waals surface area (Å²) < 4.78 is 10.7. The first-order valence-electron chi connectivity index (χ1n) is 7.17. The summed E-state index contributed by atoms with van der Waals surface area (Å²) in [5.41, 5.74) is 0. The maximum absolute atomic E-state index is 12.3. The highest BCUT2D eigenvalue weighted by molar-refractivity contribution is 5.82. The van der Waals surface area contributed by atoms with Gasteiger partial charge in [0.25, 0.3) is 0 Å². The van der Waals surface area contributed by atoms with Crippen LogP contribution in [-0.4, -0.2) is 67.7 Å². The summed E-state index contributed by atoms with van der Waals surface area (Å²) in [5, 5.41) is 3.22. The van der Waals surface area contributed by atoms with E-state index in [4.69, 9.17) is 9.15 Å². The van der Waals surface area contributed by atoms with E-state index in [0.29, 0.717) is 13.2 Å². The molecule has 6 heteroatoms. The molecule has 0 radical (unpaired) electrons. The molecule has 1 aromatic rings. The smallest absolute Gasteiger partial charge is 0.242 e. The van der Waals surface area contributed by atoms with Crippen molar-refractivity contribution in [2.75, 3.05) is 45.9 Å². The van der Waals surface area contributed by atoms with Crippen molar-refractivity contribution in [3.63, 3.8) is 0 Å². The number of nitrogens with zero attached hydrogens (tertiary/aromatic N) is 2. The van der Waals surface area contributed by atoms with Gasteiger partial charge in [-0.1, -0.05) is 0 Å². The molecule has 2 aliphatic rings. The number of hydrogen-bond acceptors (Lipinski definition) is 5. The molecule has 0 bridgehead atoms. The van der Waals surface area contributed by atoms with E-state index < -0.39 is 0 Å². The van der Waals surface area contributed by atoms with E-state index >= 15 is 0 Å². The lowest BCUT2D eigenvalue weighted by Crippen LogP contribution is -2.56. The second-order valence-electron chi connectivity index (χ2n) is 5.26. The lowest BCUT2D eigenvalue weighted by molar-refractivity contribution is -0.138. The van der Waals surface area contributed by atoms with Crippen molar-refractivity contribution < 1.29 is 13.9 Å². The van der Waals surface area contributed by atoms with E-state index in [1.807, 2.05) is 17.0 Å². The first kappa shape index (κ1) is 13.6. The largest absolute Gasteiger partial charge is 0.468 e. The zero-order valence-electron chi connectivity index (χ0n) is 11.6. The van der Waals surface area contributed by atoms with Crippen LogP contribution < -0.4 is 5.32 Å². The van der Waals surface area contributed by atoms with E-state index in [2.05, 4.69) is 10.2 Å². The highest BCUT2D eigenvalue weighted by atomic mass is 16.5. The zero-order valence-corrected chi connectivity index (χ0v) is 11.6. The topological polar surface area (TPSA) is 58.0 Å². The van der Waals surface area contributed by atoms with Crippen LogP contribution in [0.2, 0.25) is 0 Å². The minimum atomic E-state index is -0.166. The van der Waals surface area contributed by atoms with Crippen LogP contribution in [0.4, 0.5) is 0 Å². The zero-order chi connectivity index (χ0) is 13.8. The Bertz CT molecular complexity index is 421. The standard InChI is InChI=1S/C14H21N3O3/c18-14(13-11-19-9-3-15-13)17-6-4-16(5-7-17)10-12-2-1-8-20-12/h1-2,8,13,15H,3-7,9-11H2. The summed E-state index contributed by atoms with van der Waals surface area (Å²) >= 11 is 0. The normalized spacial score (nSPS) is 24.8. The average molecular weight is 279 g/mol. The van der Waals surface area contributed by atoms with Crippen molar-refractivity contribution in [2.24, 2.45) is 0 Å². The van der Waals surface area contributed by atoms with Crippen LogP contribution in [-0.2, 0) is 16.1 Å². The van der Waals surface area contributed by atoms with Gasteiger partial charge in [0.15, 0.2) is 0 Å². The molecule has 1 N–H and O–H groups in total. The van der Waals surface area contributed by atoms with Crippen LogP contribution in [0.3, 0.4) is 0 Å². The molecule has 3 heterocycles. The van der Waals surface area contributed by atoms with Crippen molar-refractivity contribution in [1.82, 2.24) is 15.1 Å². The third-order valence-corrected chi connectivity index (χ3v) is 3.86. The van der Waals surface area contributed by atoms with Crippen molar-refractivity contribution in [3.05, 3.63) is 24.2 Å². The maximum atomic E-state index is 12.3.